The van der Waals surface area contributed by atoms with E-state index in [-0.39, 0.29) is 5.91 Å². The molecule has 1 aliphatic rings. The maximum absolute atomic E-state index is 12.6. The number of benzene rings is 2. The number of para-hydroxylation sites is 1. The fourth-order valence-corrected chi connectivity index (χ4v) is 4.90. The fraction of sp³-hybridized carbons (Fsp3) is 0.200. The minimum Gasteiger partial charge on any atom is -0.317 e. The molecule has 0 radical (unpaired) electrons. The van der Waals surface area contributed by atoms with Crippen LogP contribution in [-0.4, -0.2) is 15.6 Å². The van der Waals surface area contributed by atoms with E-state index in [0.717, 1.165) is 23.4 Å². The Bertz CT molecular complexity index is 1240. The molecule has 0 bridgehead atoms. The molecule has 2 heterocycles. The molecule has 1 N–H and O–H groups in total. The van der Waals surface area contributed by atoms with Crippen molar-refractivity contribution in [3.63, 3.8) is 0 Å². The summed E-state index contributed by atoms with van der Waals surface area (Å²) in [6, 6.07) is 15.8. The van der Waals surface area contributed by atoms with Gasteiger partial charge in [0.05, 0.1) is 16.3 Å². The van der Waals surface area contributed by atoms with Crippen molar-refractivity contribution in [3.05, 3.63) is 86.5 Å². The molecule has 0 saturated carbocycles. The molecule has 1 aromatic heterocycles. The number of thioether (sulfide) groups is 1. The summed E-state index contributed by atoms with van der Waals surface area (Å²) in [5.41, 5.74) is 7.78. The lowest BCUT2D eigenvalue weighted by molar-refractivity contribution is -0.115. The highest BCUT2D eigenvalue weighted by atomic mass is 35.5. The van der Waals surface area contributed by atoms with Gasteiger partial charge < -0.3 is 9.88 Å². The summed E-state index contributed by atoms with van der Waals surface area (Å²) >= 11 is 7.38. The number of carbonyl (C=O) groups excluding carboxylic acids is 1. The van der Waals surface area contributed by atoms with Gasteiger partial charge in [-0.1, -0.05) is 42.8 Å². The highest BCUT2D eigenvalue weighted by molar-refractivity contribution is 8.18. The number of aliphatic imine (C=N–C) groups is 1. The van der Waals surface area contributed by atoms with Crippen LogP contribution in [-0.2, 0) is 11.2 Å². The SMILES string of the molecule is CCc1cccc(C)c1-n1c(C)cc(/C=C2\SC(=Nc3cccc(Cl)c3)NC2=O)c1C. The molecule has 4 nitrogen and oxygen atoms in total. The summed E-state index contributed by atoms with van der Waals surface area (Å²) in [4.78, 5) is 17.7. The summed E-state index contributed by atoms with van der Waals surface area (Å²) in [6.45, 7) is 8.53. The Hall–Kier alpha value is -2.76. The van der Waals surface area contributed by atoms with Gasteiger partial charge in [0.1, 0.15) is 0 Å². The molecule has 1 saturated heterocycles. The zero-order valence-corrected chi connectivity index (χ0v) is 19.6. The lowest BCUT2D eigenvalue weighted by Gasteiger charge is -2.17. The number of amides is 1. The third-order valence-electron chi connectivity index (χ3n) is 5.37. The maximum atomic E-state index is 12.6. The summed E-state index contributed by atoms with van der Waals surface area (Å²) in [6.07, 6.45) is 2.91. The fourth-order valence-electron chi connectivity index (χ4n) is 3.89. The normalized spacial score (nSPS) is 16.4. The molecule has 3 aromatic rings. The second-order valence-electron chi connectivity index (χ2n) is 7.56. The molecule has 1 aliphatic heterocycles. The Morgan fingerprint density at radius 2 is 1.90 bits per heavy atom. The number of rotatable bonds is 4. The van der Waals surface area contributed by atoms with Crippen LogP contribution < -0.4 is 5.32 Å². The molecule has 158 valence electrons. The smallest absolute Gasteiger partial charge is 0.264 e. The molecular weight excluding hydrogens is 426 g/mol. The molecule has 1 fully saturated rings. The van der Waals surface area contributed by atoms with Gasteiger partial charge in [-0.05, 0) is 86.0 Å². The van der Waals surface area contributed by atoms with Gasteiger partial charge in [-0.2, -0.15) is 0 Å². The van der Waals surface area contributed by atoms with Crippen molar-refractivity contribution in [1.82, 2.24) is 9.88 Å². The van der Waals surface area contributed by atoms with Crippen molar-refractivity contribution in [3.8, 4) is 5.69 Å². The van der Waals surface area contributed by atoms with Gasteiger partial charge in [0.25, 0.3) is 5.91 Å². The van der Waals surface area contributed by atoms with Gasteiger partial charge in [0.2, 0.25) is 0 Å². The van der Waals surface area contributed by atoms with Gasteiger partial charge in [-0.3, -0.25) is 4.79 Å². The number of hydrogen-bond donors (Lipinski definition) is 1. The molecule has 1 amide bonds. The zero-order valence-electron chi connectivity index (χ0n) is 18.0. The van der Waals surface area contributed by atoms with E-state index in [2.05, 4.69) is 66.8 Å². The van der Waals surface area contributed by atoms with E-state index in [9.17, 15) is 4.79 Å². The lowest BCUT2D eigenvalue weighted by Crippen LogP contribution is -2.19. The maximum Gasteiger partial charge on any atom is 0.264 e. The van der Waals surface area contributed by atoms with Crippen molar-refractivity contribution >= 4 is 46.2 Å². The zero-order chi connectivity index (χ0) is 22.1. The number of aromatic nitrogens is 1. The topological polar surface area (TPSA) is 46.4 Å². The number of amidine groups is 1. The van der Waals surface area contributed by atoms with E-state index in [4.69, 9.17) is 11.6 Å². The van der Waals surface area contributed by atoms with Gasteiger partial charge in [0.15, 0.2) is 5.17 Å². The Balaban J connectivity index is 1.69. The van der Waals surface area contributed by atoms with Crippen LogP contribution in [0, 0.1) is 20.8 Å². The van der Waals surface area contributed by atoms with Crippen LogP contribution >= 0.6 is 23.4 Å². The predicted octanol–water partition coefficient (Wildman–Crippen LogP) is 6.51. The molecular formula is C25H24ClN3OS. The summed E-state index contributed by atoms with van der Waals surface area (Å²) in [5.74, 6) is -0.138. The molecule has 0 aliphatic carbocycles. The molecule has 6 heteroatoms. The highest BCUT2D eigenvalue weighted by Crippen LogP contribution is 2.32. The highest BCUT2D eigenvalue weighted by Gasteiger charge is 2.25. The lowest BCUT2D eigenvalue weighted by atomic mass is 10.1. The number of nitrogens with one attached hydrogen (secondary N) is 1. The first kappa shape index (κ1) is 21.5. The summed E-state index contributed by atoms with van der Waals surface area (Å²) < 4.78 is 2.29. The van der Waals surface area contributed by atoms with Crippen molar-refractivity contribution in [2.24, 2.45) is 4.99 Å². The Kier molecular flexibility index (Phi) is 6.08. The van der Waals surface area contributed by atoms with Gasteiger partial charge >= 0.3 is 0 Å². The van der Waals surface area contributed by atoms with Crippen molar-refractivity contribution < 1.29 is 4.79 Å². The molecule has 31 heavy (non-hydrogen) atoms. The predicted molar refractivity (Wildman–Crippen MR) is 132 cm³/mol. The average molecular weight is 450 g/mol. The van der Waals surface area contributed by atoms with E-state index < -0.39 is 0 Å². The van der Waals surface area contributed by atoms with Crippen molar-refractivity contribution in [2.75, 3.05) is 0 Å². The largest absolute Gasteiger partial charge is 0.317 e. The van der Waals surface area contributed by atoms with Crippen LogP contribution in [0.4, 0.5) is 5.69 Å². The molecule has 2 aromatic carbocycles. The Morgan fingerprint density at radius 1 is 1.13 bits per heavy atom. The minimum absolute atomic E-state index is 0.138. The minimum atomic E-state index is -0.138. The average Bonchev–Trinajstić information content (AvgIpc) is 3.20. The van der Waals surface area contributed by atoms with Crippen LogP contribution in [0.3, 0.4) is 0 Å². The first-order chi connectivity index (χ1) is 14.9. The first-order valence-electron chi connectivity index (χ1n) is 10.2. The van der Waals surface area contributed by atoms with E-state index >= 15 is 0 Å². The van der Waals surface area contributed by atoms with E-state index in [0.29, 0.717) is 20.8 Å². The number of aryl methyl sites for hydroxylation is 3. The molecule has 0 spiro atoms. The van der Waals surface area contributed by atoms with Gasteiger partial charge in [-0.15, -0.1) is 0 Å². The number of carbonyl (C=O) groups is 1. The Labute approximate surface area is 192 Å². The quantitative estimate of drug-likeness (QED) is 0.461. The van der Waals surface area contributed by atoms with Gasteiger partial charge in [0, 0.05) is 16.4 Å². The summed E-state index contributed by atoms with van der Waals surface area (Å²) in [7, 11) is 0. The van der Waals surface area contributed by atoms with Crippen molar-refractivity contribution in [2.45, 2.75) is 34.1 Å². The van der Waals surface area contributed by atoms with Crippen LogP contribution in [0.5, 0.6) is 0 Å². The van der Waals surface area contributed by atoms with E-state index in [1.165, 1.54) is 28.6 Å². The third kappa shape index (κ3) is 4.34. The monoisotopic (exact) mass is 449 g/mol. The number of halogens is 1. The molecule has 0 unspecified atom stereocenters. The number of hydrogen-bond acceptors (Lipinski definition) is 3. The Morgan fingerprint density at radius 3 is 2.65 bits per heavy atom. The van der Waals surface area contributed by atoms with Crippen LogP contribution in [0.1, 0.15) is 35.0 Å². The second kappa shape index (κ2) is 8.77. The van der Waals surface area contributed by atoms with E-state index in [1.54, 1.807) is 12.1 Å². The van der Waals surface area contributed by atoms with Crippen LogP contribution in [0.25, 0.3) is 11.8 Å². The van der Waals surface area contributed by atoms with Crippen molar-refractivity contribution in [1.29, 1.82) is 0 Å². The molecule has 0 atom stereocenters. The van der Waals surface area contributed by atoms with Crippen LogP contribution in [0.2, 0.25) is 5.02 Å². The van der Waals surface area contributed by atoms with Gasteiger partial charge in [-0.25, -0.2) is 4.99 Å². The third-order valence-corrected chi connectivity index (χ3v) is 6.52. The molecule has 4 rings (SSSR count). The first-order valence-corrected chi connectivity index (χ1v) is 11.4. The number of nitrogens with zero attached hydrogens (tertiary/aromatic N) is 2. The summed E-state index contributed by atoms with van der Waals surface area (Å²) in [5, 5.41) is 4.02. The van der Waals surface area contributed by atoms with Crippen LogP contribution in [0.15, 0.2) is 58.4 Å². The second-order valence-corrected chi connectivity index (χ2v) is 9.03. The van der Waals surface area contributed by atoms with E-state index in [1.807, 2.05) is 18.2 Å². The standard InChI is InChI=1S/C25H24ClN3OS/c1-5-18-9-6-8-15(2)23(18)29-16(3)12-19(17(29)4)13-22-24(30)28-25(31-22)27-21-11-7-10-20(26)14-21/h6-14H,5H2,1-4H3,(H,27,28,30)/b22-13-.